The smallest absolute Gasteiger partial charge is 0.0134 e. The van der Waals surface area contributed by atoms with E-state index in [1.165, 1.54) is 19.6 Å². The Morgan fingerprint density at radius 3 is 2.73 bits per heavy atom. The van der Waals surface area contributed by atoms with Crippen molar-refractivity contribution in [3.63, 3.8) is 0 Å². The number of nitrogens with one attached hydrogen (secondary N) is 2. The SMILES string of the molecule is CC(C)C1NCC2CNCC21. The van der Waals surface area contributed by atoms with E-state index < -0.39 is 0 Å². The Bertz CT molecular complexity index is 144. The first-order valence-corrected chi connectivity index (χ1v) is 4.73. The van der Waals surface area contributed by atoms with Gasteiger partial charge in [-0.15, -0.1) is 0 Å². The zero-order valence-corrected chi connectivity index (χ0v) is 7.43. The average Bonchev–Trinajstić information content (AvgIpc) is 2.41. The molecule has 2 rings (SSSR count). The molecule has 64 valence electrons. The second kappa shape index (κ2) is 2.76. The maximum absolute atomic E-state index is 3.62. The van der Waals surface area contributed by atoms with E-state index in [1.807, 2.05) is 0 Å². The Morgan fingerprint density at radius 1 is 1.18 bits per heavy atom. The van der Waals surface area contributed by atoms with Crippen LogP contribution in [0.15, 0.2) is 0 Å². The Labute approximate surface area is 68.7 Å². The lowest BCUT2D eigenvalue weighted by atomic mass is 9.88. The highest BCUT2D eigenvalue weighted by Crippen LogP contribution is 2.29. The van der Waals surface area contributed by atoms with Crippen LogP contribution in [0, 0.1) is 17.8 Å². The van der Waals surface area contributed by atoms with Crippen LogP contribution in [0.1, 0.15) is 13.8 Å². The normalized spacial score (nSPS) is 43.4. The van der Waals surface area contributed by atoms with Gasteiger partial charge in [-0.05, 0) is 37.4 Å². The minimum Gasteiger partial charge on any atom is -0.316 e. The molecule has 0 amide bonds. The standard InChI is InChI=1S/C9H18N2/c1-6(2)9-8-5-10-3-7(8)4-11-9/h6-11H,3-5H2,1-2H3. The maximum atomic E-state index is 3.62. The Kier molecular flexibility index (Phi) is 1.90. The lowest BCUT2D eigenvalue weighted by molar-refractivity contribution is 0.351. The molecule has 0 aromatic carbocycles. The molecule has 0 bridgehead atoms. The van der Waals surface area contributed by atoms with E-state index in [1.54, 1.807) is 0 Å². The fourth-order valence-corrected chi connectivity index (χ4v) is 2.57. The number of fused-ring (bicyclic) bond motifs is 1. The molecule has 2 heteroatoms. The van der Waals surface area contributed by atoms with Gasteiger partial charge in [-0.25, -0.2) is 0 Å². The Morgan fingerprint density at radius 2 is 2.00 bits per heavy atom. The Balaban J connectivity index is 2.03. The molecular formula is C9H18N2. The summed E-state index contributed by atoms with van der Waals surface area (Å²) < 4.78 is 0. The lowest BCUT2D eigenvalue weighted by Crippen LogP contribution is -2.35. The van der Waals surface area contributed by atoms with Gasteiger partial charge in [0.25, 0.3) is 0 Å². The molecule has 3 unspecified atom stereocenters. The lowest BCUT2D eigenvalue weighted by Gasteiger charge is -2.21. The van der Waals surface area contributed by atoms with Crippen molar-refractivity contribution >= 4 is 0 Å². The van der Waals surface area contributed by atoms with Crippen molar-refractivity contribution < 1.29 is 0 Å². The minimum absolute atomic E-state index is 0.773. The summed E-state index contributed by atoms with van der Waals surface area (Å²) in [6, 6.07) is 0.773. The highest BCUT2D eigenvalue weighted by molar-refractivity contribution is 4.97. The van der Waals surface area contributed by atoms with Gasteiger partial charge in [-0.2, -0.15) is 0 Å². The van der Waals surface area contributed by atoms with Crippen LogP contribution in [0.4, 0.5) is 0 Å². The molecule has 2 N–H and O–H groups in total. The molecule has 2 saturated heterocycles. The molecule has 0 aliphatic carbocycles. The Hall–Kier alpha value is -0.0800. The average molecular weight is 154 g/mol. The summed E-state index contributed by atoms with van der Waals surface area (Å²) in [5.74, 6) is 2.63. The van der Waals surface area contributed by atoms with E-state index in [2.05, 4.69) is 24.5 Å². The number of rotatable bonds is 1. The summed E-state index contributed by atoms with van der Waals surface area (Å²) in [6.07, 6.45) is 0. The molecule has 0 aromatic heterocycles. The van der Waals surface area contributed by atoms with Gasteiger partial charge in [0, 0.05) is 6.04 Å². The second-order valence-corrected chi connectivity index (χ2v) is 4.26. The molecule has 2 aliphatic rings. The molecule has 0 saturated carbocycles. The molecule has 11 heavy (non-hydrogen) atoms. The van der Waals surface area contributed by atoms with E-state index in [0.29, 0.717) is 0 Å². The van der Waals surface area contributed by atoms with Crippen LogP contribution in [0.5, 0.6) is 0 Å². The zero-order chi connectivity index (χ0) is 7.84. The van der Waals surface area contributed by atoms with Crippen LogP contribution in [0.3, 0.4) is 0 Å². The highest BCUT2D eigenvalue weighted by Gasteiger charge is 2.39. The third kappa shape index (κ3) is 1.18. The number of hydrogen-bond acceptors (Lipinski definition) is 2. The molecule has 2 fully saturated rings. The van der Waals surface area contributed by atoms with Crippen molar-refractivity contribution in [2.45, 2.75) is 19.9 Å². The van der Waals surface area contributed by atoms with Crippen LogP contribution in [-0.4, -0.2) is 25.7 Å². The molecule has 2 nitrogen and oxygen atoms in total. The van der Waals surface area contributed by atoms with Crippen LogP contribution in [0.25, 0.3) is 0 Å². The zero-order valence-electron chi connectivity index (χ0n) is 7.43. The third-order valence-electron chi connectivity index (χ3n) is 3.19. The molecule has 2 aliphatic heterocycles. The van der Waals surface area contributed by atoms with Gasteiger partial charge in [-0.1, -0.05) is 13.8 Å². The van der Waals surface area contributed by atoms with E-state index >= 15 is 0 Å². The number of hydrogen-bond donors (Lipinski definition) is 2. The van der Waals surface area contributed by atoms with Crippen molar-refractivity contribution in [3.05, 3.63) is 0 Å². The van der Waals surface area contributed by atoms with Gasteiger partial charge in [0.1, 0.15) is 0 Å². The summed E-state index contributed by atoms with van der Waals surface area (Å²) in [6.45, 7) is 8.35. The molecule has 0 aromatic rings. The third-order valence-corrected chi connectivity index (χ3v) is 3.19. The van der Waals surface area contributed by atoms with Crippen molar-refractivity contribution in [1.29, 1.82) is 0 Å². The quantitative estimate of drug-likeness (QED) is 0.573. The summed E-state index contributed by atoms with van der Waals surface area (Å²) in [4.78, 5) is 0. The topological polar surface area (TPSA) is 24.1 Å². The summed E-state index contributed by atoms with van der Waals surface area (Å²) in [7, 11) is 0. The first kappa shape index (κ1) is 7.56. The molecule has 0 radical (unpaired) electrons. The van der Waals surface area contributed by atoms with Crippen molar-refractivity contribution in [2.75, 3.05) is 19.6 Å². The molecule has 3 atom stereocenters. The van der Waals surface area contributed by atoms with Gasteiger partial charge in [-0.3, -0.25) is 0 Å². The predicted molar refractivity (Wildman–Crippen MR) is 46.5 cm³/mol. The van der Waals surface area contributed by atoms with Crippen molar-refractivity contribution in [1.82, 2.24) is 10.6 Å². The van der Waals surface area contributed by atoms with Gasteiger partial charge >= 0.3 is 0 Å². The summed E-state index contributed by atoms with van der Waals surface area (Å²) in [5, 5.41) is 7.09. The molecule has 0 spiro atoms. The highest BCUT2D eigenvalue weighted by atomic mass is 15.1. The van der Waals surface area contributed by atoms with E-state index in [-0.39, 0.29) is 0 Å². The van der Waals surface area contributed by atoms with Gasteiger partial charge in [0.05, 0.1) is 0 Å². The van der Waals surface area contributed by atoms with Crippen LogP contribution < -0.4 is 10.6 Å². The van der Waals surface area contributed by atoms with Gasteiger partial charge in [0.2, 0.25) is 0 Å². The van der Waals surface area contributed by atoms with Crippen molar-refractivity contribution in [2.24, 2.45) is 17.8 Å². The van der Waals surface area contributed by atoms with Crippen LogP contribution >= 0.6 is 0 Å². The van der Waals surface area contributed by atoms with E-state index in [0.717, 1.165) is 23.8 Å². The second-order valence-electron chi connectivity index (χ2n) is 4.26. The van der Waals surface area contributed by atoms with Crippen LogP contribution in [0.2, 0.25) is 0 Å². The van der Waals surface area contributed by atoms with Gasteiger partial charge < -0.3 is 10.6 Å². The monoisotopic (exact) mass is 154 g/mol. The predicted octanol–water partition coefficient (Wildman–Crippen LogP) is 0.450. The first-order chi connectivity index (χ1) is 5.29. The van der Waals surface area contributed by atoms with Crippen LogP contribution in [-0.2, 0) is 0 Å². The molecule has 2 heterocycles. The minimum atomic E-state index is 0.773. The van der Waals surface area contributed by atoms with Gasteiger partial charge in [0.15, 0.2) is 0 Å². The maximum Gasteiger partial charge on any atom is 0.0134 e. The largest absolute Gasteiger partial charge is 0.316 e. The van der Waals surface area contributed by atoms with E-state index in [4.69, 9.17) is 0 Å². The van der Waals surface area contributed by atoms with Crippen molar-refractivity contribution in [3.8, 4) is 0 Å². The fourth-order valence-electron chi connectivity index (χ4n) is 2.57. The summed E-state index contributed by atoms with van der Waals surface area (Å²) in [5.41, 5.74) is 0. The summed E-state index contributed by atoms with van der Waals surface area (Å²) >= 11 is 0. The fraction of sp³-hybridized carbons (Fsp3) is 1.00. The first-order valence-electron chi connectivity index (χ1n) is 4.73. The van der Waals surface area contributed by atoms with E-state index in [9.17, 15) is 0 Å². The molecular weight excluding hydrogens is 136 g/mol.